The van der Waals surface area contributed by atoms with E-state index in [1.165, 1.54) is 65.9 Å². The van der Waals surface area contributed by atoms with Crippen molar-refractivity contribution in [1.29, 1.82) is 0 Å². The SMILES string of the molecule is CC(C)(C)c1ccc2c(c1)c1cc(C(C)(C)C)ccc1n2-c1ccc(N(c2ccccc2)c2cccc(N(c3ccccc3)c3ccc(-n4c5ccc(C(C)(C)C)cc5c5cc(C(C)(C)C)ccc54)cc3)c2)cc1. The minimum Gasteiger partial charge on any atom is -0.310 e. The molecule has 2 heterocycles. The highest BCUT2D eigenvalue weighted by Crippen LogP contribution is 2.44. The lowest BCUT2D eigenvalue weighted by atomic mass is 9.85. The fourth-order valence-electron chi connectivity index (χ4n) is 10.8. The zero-order chi connectivity index (χ0) is 51.9. The van der Waals surface area contributed by atoms with Gasteiger partial charge in [0.1, 0.15) is 0 Å². The Labute approximate surface area is 439 Å². The van der Waals surface area contributed by atoms with Crippen LogP contribution in [0.15, 0.2) is 206 Å². The van der Waals surface area contributed by atoms with E-state index in [4.69, 9.17) is 0 Å². The molecular formula is C70H70N4. The van der Waals surface area contributed by atoms with Crippen molar-refractivity contribution in [1.82, 2.24) is 9.13 Å². The highest BCUT2D eigenvalue weighted by Gasteiger charge is 2.24. The Morgan fingerprint density at radius 3 is 0.770 bits per heavy atom. The Balaban J connectivity index is 0.998. The predicted octanol–water partition coefficient (Wildman–Crippen LogP) is 20.0. The molecule has 4 heteroatoms. The second-order valence-corrected chi connectivity index (χ2v) is 24.5. The van der Waals surface area contributed by atoms with Gasteiger partial charge in [0.25, 0.3) is 0 Å². The molecule has 0 N–H and O–H groups in total. The molecule has 0 aliphatic heterocycles. The predicted molar refractivity (Wildman–Crippen MR) is 319 cm³/mol. The lowest BCUT2D eigenvalue weighted by molar-refractivity contribution is 0.590. The van der Waals surface area contributed by atoms with Crippen molar-refractivity contribution >= 4 is 77.7 Å². The maximum Gasteiger partial charge on any atom is 0.0541 e. The molecule has 370 valence electrons. The third-order valence-corrected chi connectivity index (χ3v) is 15.1. The van der Waals surface area contributed by atoms with Crippen molar-refractivity contribution in [3.63, 3.8) is 0 Å². The van der Waals surface area contributed by atoms with Gasteiger partial charge in [-0.15, -0.1) is 0 Å². The van der Waals surface area contributed by atoms with E-state index in [0.29, 0.717) is 0 Å². The molecule has 11 rings (SSSR count). The number of para-hydroxylation sites is 2. The summed E-state index contributed by atoms with van der Waals surface area (Å²) in [5.41, 5.74) is 19.1. The summed E-state index contributed by atoms with van der Waals surface area (Å²) in [6, 6.07) is 76.8. The standard InChI is InChI=1S/C70H70N4/c1-67(2,3)47-26-38-63-59(42-47)60-43-48(68(4,5)6)27-39-64(60)73(63)55-34-30-53(31-35-55)71(51-20-15-13-16-21-51)57-24-19-25-58(46-57)72(52-22-17-14-18-23-52)54-32-36-56(37-33-54)74-65-40-28-49(69(7,8)9)44-61(65)62-45-50(70(10,11)12)29-41-66(62)74/h13-46H,1-12H3. The molecule has 2 aromatic heterocycles. The minimum absolute atomic E-state index is 0.0374. The molecule has 0 aliphatic carbocycles. The van der Waals surface area contributed by atoms with E-state index in [-0.39, 0.29) is 21.7 Å². The molecule has 0 saturated heterocycles. The average Bonchev–Trinajstić information content (AvgIpc) is 3.89. The van der Waals surface area contributed by atoms with Crippen LogP contribution in [-0.2, 0) is 21.7 Å². The minimum atomic E-state index is 0.0374. The van der Waals surface area contributed by atoms with E-state index in [1.54, 1.807) is 0 Å². The molecule has 0 amide bonds. The number of hydrogen-bond acceptors (Lipinski definition) is 2. The summed E-state index contributed by atoms with van der Waals surface area (Å²) in [4.78, 5) is 4.74. The van der Waals surface area contributed by atoms with Crippen molar-refractivity contribution in [2.45, 2.75) is 105 Å². The molecule has 0 spiro atoms. The third-order valence-electron chi connectivity index (χ3n) is 15.1. The maximum atomic E-state index is 2.44. The van der Waals surface area contributed by atoms with Crippen molar-refractivity contribution in [2.24, 2.45) is 0 Å². The number of aromatic nitrogens is 2. The number of anilines is 6. The van der Waals surface area contributed by atoms with E-state index in [0.717, 1.165) is 45.5 Å². The van der Waals surface area contributed by atoms with Gasteiger partial charge in [0.2, 0.25) is 0 Å². The summed E-state index contributed by atoms with van der Waals surface area (Å²) >= 11 is 0. The van der Waals surface area contributed by atoms with Gasteiger partial charge >= 0.3 is 0 Å². The molecule has 74 heavy (non-hydrogen) atoms. The maximum absolute atomic E-state index is 2.44. The molecule has 0 saturated carbocycles. The topological polar surface area (TPSA) is 16.3 Å². The van der Waals surface area contributed by atoms with Gasteiger partial charge in [-0.3, -0.25) is 0 Å². The van der Waals surface area contributed by atoms with Gasteiger partial charge in [0.15, 0.2) is 0 Å². The second-order valence-electron chi connectivity index (χ2n) is 24.5. The fourth-order valence-corrected chi connectivity index (χ4v) is 10.8. The van der Waals surface area contributed by atoms with Crippen LogP contribution in [-0.4, -0.2) is 9.13 Å². The van der Waals surface area contributed by atoms with E-state index in [9.17, 15) is 0 Å². The van der Waals surface area contributed by atoms with Crippen LogP contribution in [0.4, 0.5) is 34.1 Å². The number of nitrogens with zero attached hydrogens (tertiary/aromatic N) is 4. The normalized spacial score (nSPS) is 12.6. The lowest BCUT2D eigenvalue weighted by Crippen LogP contribution is -2.13. The number of hydrogen-bond donors (Lipinski definition) is 0. The van der Waals surface area contributed by atoms with Crippen LogP contribution < -0.4 is 9.80 Å². The summed E-state index contributed by atoms with van der Waals surface area (Å²) in [7, 11) is 0. The lowest BCUT2D eigenvalue weighted by Gasteiger charge is -2.29. The van der Waals surface area contributed by atoms with Gasteiger partial charge in [-0.25, -0.2) is 0 Å². The Morgan fingerprint density at radius 2 is 0.500 bits per heavy atom. The van der Waals surface area contributed by atoms with Crippen LogP contribution in [0.3, 0.4) is 0 Å². The molecule has 9 aromatic carbocycles. The Bertz CT molecular complexity index is 3450. The van der Waals surface area contributed by atoms with E-state index in [1.807, 2.05) is 0 Å². The quantitative estimate of drug-likeness (QED) is 0.151. The van der Waals surface area contributed by atoms with E-state index >= 15 is 0 Å². The zero-order valence-electron chi connectivity index (χ0n) is 45.4. The summed E-state index contributed by atoms with van der Waals surface area (Å²) in [5.74, 6) is 0. The molecule has 0 bridgehead atoms. The van der Waals surface area contributed by atoms with Crippen LogP contribution in [0.1, 0.15) is 105 Å². The van der Waals surface area contributed by atoms with Gasteiger partial charge in [-0.1, -0.05) is 150 Å². The van der Waals surface area contributed by atoms with Gasteiger partial charge in [-0.05, 0) is 183 Å². The van der Waals surface area contributed by atoms with Crippen LogP contribution in [0.25, 0.3) is 55.0 Å². The van der Waals surface area contributed by atoms with E-state index < -0.39 is 0 Å². The van der Waals surface area contributed by atoms with Crippen LogP contribution in [0.2, 0.25) is 0 Å². The molecule has 0 atom stereocenters. The largest absolute Gasteiger partial charge is 0.310 e. The van der Waals surface area contributed by atoms with Gasteiger partial charge < -0.3 is 18.9 Å². The molecular weight excluding hydrogens is 897 g/mol. The first-order chi connectivity index (χ1) is 35.2. The van der Waals surface area contributed by atoms with Crippen molar-refractivity contribution in [2.75, 3.05) is 9.80 Å². The summed E-state index contributed by atoms with van der Waals surface area (Å²) in [6.45, 7) is 27.6. The average molecular weight is 967 g/mol. The number of fused-ring (bicyclic) bond motifs is 6. The third kappa shape index (κ3) is 8.85. The molecule has 0 aliphatic rings. The first-order valence-corrected chi connectivity index (χ1v) is 26.4. The fraction of sp³-hybridized carbons (Fsp3) is 0.229. The van der Waals surface area contributed by atoms with E-state index in [2.05, 4.69) is 308 Å². The Hall–Kier alpha value is -7.82. The Morgan fingerprint density at radius 1 is 0.243 bits per heavy atom. The Kier molecular flexibility index (Phi) is 11.8. The van der Waals surface area contributed by atoms with Crippen LogP contribution >= 0.6 is 0 Å². The van der Waals surface area contributed by atoms with Crippen molar-refractivity contribution in [3.05, 3.63) is 229 Å². The summed E-state index contributed by atoms with van der Waals surface area (Å²) < 4.78 is 4.88. The number of benzene rings is 9. The van der Waals surface area contributed by atoms with Gasteiger partial charge in [0.05, 0.1) is 22.1 Å². The van der Waals surface area contributed by atoms with Gasteiger partial charge in [-0.2, -0.15) is 0 Å². The van der Waals surface area contributed by atoms with Crippen molar-refractivity contribution < 1.29 is 0 Å². The summed E-state index contributed by atoms with van der Waals surface area (Å²) in [5, 5.41) is 5.16. The summed E-state index contributed by atoms with van der Waals surface area (Å²) in [6.07, 6.45) is 0. The van der Waals surface area contributed by atoms with Crippen LogP contribution in [0.5, 0.6) is 0 Å². The zero-order valence-corrected chi connectivity index (χ0v) is 45.4. The van der Waals surface area contributed by atoms with Crippen LogP contribution in [0, 0.1) is 0 Å². The molecule has 0 unspecified atom stereocenters. The molecule has 0 fully saturated rings. The number of rotatable bonds is 8. The molecule has 0 radical (unpaired) electrons. The highest BCUT2D eigenvalue weighted by atomic mass is 15.2. The van der Waals surface area contributed by atoms with Gasteiger partial charge in [0, 0.05) is 67.0 Å². The molecule has 4 nitrogen and oxygen atoms in total. The second kappa shape index (κ2) is 18.0. The first-order valence-electron chi connectivity index (χ1n) is 26.4. The smallest absolute Gasteiger partial charge is 0.0541 e. The first kappa shape index (κ1) is 48.4. The van der Waals surface area contributed by atoms with Crippen molar-refractivity contribution in [3.8, 4) is 11.4 Å². The molecule has 11 aromatic rings. The monoisotopic (exact) mass is 967 g/mol. The highest BCUT2D eigenvalue weighted by molar-refractivity contribution is 6.11.